The molecule has 0 unspecified atom stereocenters. The first-order valence-corrected chi connectivity index (χ1v) is 7.66. The van der Waals surface area contributed by atoms with Gasteiger partial charge >= 0.3 is 11.7 Å². The number of hydrogen-bond acceptors (Lipinski definition) is 4. The predicted octanol–water partition coefficient (Wildman–Crippen LogP) is 4.34. The molecule has 0 aliphatic rings. The molecule has 3 aromatic rings. The van der Waals surface area contributed by atoms with Gasteiger partial charge in [0.05, 0.1) is 6.61 Å². The molecule has 1 N–H and O–H groups in total. The number of rotatable bonds is 3. The van der Waals surface area contributed by atoms with Gasteiger partial charge in [0.25, 0.3) is 0 Å². The van der Waals surface area contributed by atoms with Crippen molar-refractivity contribution in [3.63, 3.8) is 0 Å². The molecule has 0 saturated heterocycles. The molecule has 5 heteroatoms. The van der Waals surface area contributed by atoms with Crippen LogP contribution in [-0.4, -0.2) is 12.7 Å². The zero-order valence-electron chi connectivity index (χ0n) is 13.5. The summed E-state index contributed by atoms with van der Waals surface area (Å²) in [6.45, 7) is 4.01. The van der Waals surface area contributed by atoms with Crippen LogP contribution in [0, 0.1) is 6.92 Å². The van der Waals surface area contributed by atoms with Crippen molar-refractivity contribution in [2.45, 2.75) is 13.8 Å². The van der Waals surface area contributed by atoms with Crippen molar-refractivity contribution in [1.29, 1.82) is 0 Å². The minimum absolute atomic E-state index is 0.284. The molecule has 3 rings (SSSR count). The van der Waals surface area contributed by atoms with E-state index in [0.717, 1.165) is 22.1 Å². The lowest BCUT2D eigenvalue weighted by atomic mass is 9.98. The molecular formula is C19H17NO4. The van der Waals surface area contributed by atoms with Gasteiger partial charge in [-0.1, -0.05) is 24.3 Å². The smallest absolute Gasteiger partial charge is 0.411 e. The first kappa shape index (κ1) is 15.8. The molecule has 1 heterocycles. The maximum Gasteiger partial charge on any atom is 0.411 e. The van der Waals surface area contributed by atoms with Crippen molar-refractivity contribution in [1.82, 2.24) is 0 Å². The maximum absolute atomic E-state index is 11.9. The number of benzene rings is 2. The van der Waals surface area contributed by atoms with Crippen LogP contribution >= 0.6 is 0 Å². The molecule has 0 aliphatic heterocycles. The van der Waals surface area contributed by atoms with E-state index in [-0.39, 0.29) is 6.61 Å². The largest absolute Gasteiger partial charge is 0.450 e. The van der Waals surface area contributed by atoms with Crippen LogP contribution in [0.2, 0.25) is 0 Å². The fraction of sp³-hybridized carbons (Fsp3) is 0.158. The summed E-state index contributed by atoms with van der Waals surface area (Å²) in [4.78, 5) is 23.5. The zero-order chi connectivity index (χ0) is 17.1. The van der Waals surface area contributed by atoms with Crippen molar-refractivity contribution in [3.8, 4) is 11.1 Å². The van der Waals surface area contributed by atoms with Crippen LogP contribution in [0.1, 0.15) is 12.5 Å². The van der Waals surface area contributed by atoms with Gasteiger partial charge in [-0.2, -0.15) is 0 Å². The lowest BCUT2D eigenvalue weighted by Gasteiger charge is -2.10. The molecule has 122 valence electrons. The average Bonchev–Trinajstić information content (AvgIpc) is 2.54. The van der Waals surface area contributed by atoms with Crippen molar-refractivity contribution in [2.24, 2.45) is 0 Å². The molecule has 2 aromatic carbocycles. The van der Waals surface area contributed by atoms with Crippen LogP contribution in [0.5, 0.6) is 0 Å². The molecule has 0 saturated carbocycles. The van der Waals surface area contributed by atoms with Gasteiger partial charge in [0, 0.05) is 28.8 Å². The Balaban J connectivity index is 2.11. The predicted molar refractivity (Wildman–Crippen MR) is 93.3 cm³/mol. The fourth-order valence-electron chi connectivity index (χ4n) is 2.62. The van der Waals surface area contributed by atoms with E-state index in [4.69, 9.17) is 9.15 Å². The SMILES string of the molecule is CCOC(=O)Nc1ccc2c(-c3ccccc3C)cc(=O)oc2c1. The van der Waals surface area contributed by atoms with Crippen molar-refractivity contribution in [2.75, 3.05) is 11.9 Å². The third-order valence-electron chi connectivity index (χ3n) is 3.70. The Kier molecular flexibility index (Phi) is 4.33. The van der Waals surface area contributed by atoms with E-state index in [1.807, 2.05) is 37.3 Å². The quantitative estimate of drug-likeness (QED) is 0.728. The number of fused-ring (bicyclic) bond motifs is 1. The second-order valence-electron chi connectivity index (χ2n) is 5.35. The van der Waals surface area contributed by atoms with Crippen LogP contribution in [0.3, 0.4) is 0 Å². The Hall–Kier alpha value is -3.08. The maximum atomic E-state index is 11.9. The molecule has 0 fully saturated rings. The van der Waals surface area contributed by atoms with E-state index in [0.29, 0.717) is 11.3 Å². The summed E-state index contributed by atoms with van der Waals surface area (Å²) in [5, 5.41) is 3.41. The third kappa shape index (κ3) is 3.15. The van der Waals surface area contributed by atoms with Crippen molar-refractivity contribution in [3.05, 3.63) is 64.5 Å². The van der Waals surface area contributed by atoms with Crippen LogP contribution < -0.4 is 10.9 Å². The Morgan fingerprint density at radius 1 is 1.12 bits per heavy atom. The summed E-state index contributed by atoms with van der Waals surface area (Å²) in [5.41, 5.74) is 3.33. The van der Waals surface area contributed by atoms with Gasteiger partial charge in [0.2, 0.25) is 0 Å². The van der Waals surface area contributed by atoms with Crippen LogP contribution in [0.15, 0.2) is 57.7 Å². The fourth-order valence-corrected chi connectivity index (χ4v) is 2.62. The summed E-state index contributed by atoms with van der Waals surface area (Å²) in [7, 11) is 0. The number of carbonyl (C=O) groups is 1. The summed E-state index contributed by atoms with van der Waals surface area (Å²) >= 11 is 0. The number of anilines is 1. The van der Waals surface area contributed by atoms with Crippen molar-refractivity contribution < 1.29 is 13.9 Å². The Morgan fingerprint density at radius 2 is 1.92 bits per heavy atom. The van der Waals surface area contributed by atoms with E-state index in [2.05, 4.69) is 5.32 Å². The van der Waals surface area contributed by atoms with E-state index in [1.54, 1.807) is 19.1 Å². The highest BCUT2D eigenvalue weighted by Crippen LogP contribution is 2.30. The van der Waals surface area contributed by atoms with Gasteiger partial charge in [-0.25, -0.2) is 9.59 Å². The second-order valence-corrected chi connectivity index (χ2v) is 5.35. The molecule has 0 atom stereocenters. The van der Waals surface area contributed by atoms with Gasteiger partial charge < -0.3 is 9.15 Å². The van der Waals surface area contributed by atoms with Gasteiger partial charge in [-0.15, -0.1) is 0 Å². The molecule has 0 aliphatic carbocycles. The minimum Gasteiger partial charge on any atom is -0.450 e. The van der Waals surface area contributed by atoms with Gasteiger partial charge in [0.15, 0.2) is 0 Å². The molecule has 24 heavy (non-hydrogen) atoms. The number of nitrogens with one attached hydrogen (secondary N) is 1. The Bertz CT molecular complexity index is 959. The molecular weight excluding hydrogens is 306 g/mol. The summed E-state index contributed by atoms with van der Waals surface area (Å²) in [5.74, 6) is 0. The minimum atomic E-state index is -0.547. The lowest BCUT2D eigenvalue weighted by molar-refractivity contribution is 0.168. The standard InChI is InChI=1S/C19H17NO4/c1-3-23-19(22)20-13-8-9-15-16(11-18(21)24-17(15)10-13)14-7-5-4-6-12(14)2/h4-11H,3H2,1-2H3,(H,20,22). The number of carbonyl (C=O) groups excluding carboxylic acids is 1. The average molecular weight is 323 g/mol. The van der Waals surface area contributed by atoms with Gasteiger partial charge in [-0.05, 0) is 37.1 Å². The van der Waals surface area contributed by atoms with Gasteiger partial charge in [0.1, 0.15) is 5.58 Å². The number of hydrogen-bond donors (Lipinski definition) is 1. The Labute approximate surface area is 138 Å². The van der Waals surface area contributed by atoms with E-state index in [9.17, 15) is 9.59 Å². The molecule has 0 radical (unpaired) electrons. The molecule has 0 bridgehead atoms. The van der Waals surface area contributed by atoms with Crippen molar-refractivity contribution >= 4 is 22.7 Å². The molecule has 0 spiro atoms. The molecule has 1 amide bonds. The van der Waals surface area contributed by atoms with Gasteiger partial charge in [-0.3, -0.25) is 5.32 Å². The summed E-state index contributed by atoms with van der Waals surface area (Å²) < 4.78 is 10.1. The van der Waals surface area contributed by atoms with E-state index in [1.165, 1.54) is 6.07 Å². The van der Waals surface area contributed by atoms with E-state index < -0.39 is 11.7 Å². The highest BCUT2D eigenvalue weighted by molar-refractivity contribution is 5.97. The normalized spacial score (nSPS) is 10.6. The molecule has 5 nitrogen and oxygen atoms in total. The second kappa shape index (κ2) is 6.58. The number of amides is 1. The highest BCUT2D eigenvalue weighted by Gasteiger charge is 2.11. The first-order valence-electron chi connectivity index (χ1n) is 7.66. The van der Waals surface area contributed by atoms with Crippen LogP contribution in [0.25, 0.3) is 22.1 Å². The summed E-state index contributed by atoms with van der Waals surface area (Å²) in [6, 6.07) is 14.5. The molecule has 1 aromatic heterocycles. The number of aryl methyl sites for hydroxylation is 1. The summed E-state index contributed by atoms with van der Waals surface area (Å²) in [6.07, 6.45) is -0.547. The first-order chi connectivity index (χ1) is 11.6. The number of ether oxygens (including phenoxy) is 1. The van der Waals surface area contributed by atoms with Crippen LogP contribution in [-0.2, 0) is 4.74 Å². The Morgan fingerprint density at radius 3 is 2.67 bits per heavy atom. The third-order valence-corrected chi connectivity index (χ3v) is 3.70. The highest BCUT2D eigenvalue weighted by atomic mass is 16.5. The topological polar surface area (TPSA) is 68.5 Å². The lowest BCUT2D eigenvalue weighted by Crippen LogP contribution is -2.13. The van der Waals surface area contributed by atoms with Crippen LogP contribution in [0.4, 0.5) is 10.5 Å². The zero-order valence-corrected chi connectivity index (χ0v) is 13.5. The van der Waals surface area contributed by atoms with E-state index >= 15 is 0 Å². The monoisotopic (exact) mass is 323 g/mol.